The molecule has 2 aromatic rings. The lowest BCUT2D eigenvalue weighted by Gasteiger charge is -2.18. The molecule has 0 aliphatic carbocycles. The van der Waals surface area contributed by atoms with Gasteiger partial charge in [0.2, 0.25) is 0 Å². The van der Waals surface area contributed by atoms with Crippen molar-refractivity contribution in [1.29, 1.82) is 0 Å². The average molecular weight is 297 g/mol. The van der Waals surface area contributed by atoms with Crippen LogP contribution in [-0.4, -0.2) is 20.9 Å². The van der Waals surface area contributed by atoms with Crippen molar-refractivity contribution in [3.63, 3.8) is 0 Å². The summed E-state index contributed by atoms with van der Waals surface area (Å²) in [6.07, 6.45) is 4.79. The Kier molecular flexibility index (Phi) is 2.94. The Hall–Kier alpha value is -0.480. The molecule has 3 rings (SSSR count). The van der Waals surface area contributed by atoms with Crippen molar-refractivity contribution in [2.45, 2.75) is 18.8 Å². The molecule has 1 atom stereocenters. The molecule has 0 saturated carbocycles. The molecule has 1 fully saturated rings. The molecule has 0 amide bonds. The van der Waals surface area contributed by atoms with Crippen molar-refractivity contribution < 1.29 is 0 Å². The maximum Gasteiger partial charge on any atom is 0.137 e. The second kappa shape index (κ2) is 4.41. The molecule has 1 unspecified atom stereocenters. The molecule has 2 nitrogen and oxygen atoms in total. The Balaban J connectivity index is 2.01. The third-order valence-corrected chi connectivity index (χ3v) is 4.90. The minimum absolute atomic E-state index is 0.644. The van der Waals surface area contributed by atoms with E-state index in [1.807, 2.05) is 12.1 Å². The molecule has 1 saturated heterocycles. The van der Waals surface area contributed by atoms with Crippen LogP contribution in [0.3, 0.4) is 0 Å². The number of imidazole rings is 1. The van der Waals surface area contributed by atoms with Gasteiger partial charge in [-0.3, -0.25) is 4.40 Å². The standard InChI is InChI=1S/C12H13BrN2S/c13-11-4-1-5-12-14-10(7-15(11)12)9-3-2-6-16-8-9/h1,4-5,7,9H,2-3,6,8H2. The molecule has 1 aliphatic heterocycles. The van der Waals surface area contributed by atoms with E-state index in [1.165, 1.54) is 30.0 Å². The first kappa shape index (κ1) is 10.7. The molecule has 1 aliphatic rings. The highest BCUT2D eigenvalue weighted by molar-refractivity contribution is 9.10. The van der Waals surface area contributed by atoms with Gasteiger partial charge in [-0.15, -0.1) is 0 Å². The fourth-order valence-electron chi connectivity index (χ4n) is 2.17. The zero-order valence-corrected chi connectivity index (χ0v) is 11.3. The van der Waals surface area contributed by atoms with Crippen molar-refractivity contribution in [2.24, 2.45) is 0 Å². The lowest BCUT2D eigenvalue weighted by molar-refractivity contribution is 0.647. The van der Waals surface area contributed by atoms with Crippen molar-refractivity contribution >= 4 is 33.3 Å². The first-order valence-corrected chi connectivity index (χ1v) is 7.50. The minimum Gasteiger partial charge on any atom is -0.294 e. The van der Waals surface area contributed by atoms with Gasteiger partial charge >= 0.3 is 0 Å². The van der Waals surface area contributed by atoms with Crippen LogP contribution in [0.2, 0.25) is 0 Å². The Labute approximate surface area is 108 Å². The summed E-state index contributed by atoms with van der Waals surface area (Å²) in [5, 5.41) is 0. The summed E-state index contributed by atoms with van der Waals surface area (Å²) < 4.78 is 3.20. The van der Waals surface area contributed by atoms with Gasteiger partial charge in [-0.25, -0.2) is 4.98 Å². The molecule has 0 N–H and O–H groups in total. The number of thioether (sulfide) groups is 1. The lowest BCUT2D eigenvalue weighted by Crippen LogP contribution is -2.08. The smallest absolute Gasteiger partial charge is 0.137 e. The summed E-state index contributed by atoms with van der Waals surface area (Å²) in [6.45, 7) is 0. The van der Waals surface area contributed by atoms with Gasteiger partial charge in [0.05, 0.1) is 10.3 Å². The maximum atomic E-state index is 4.72. The third-order valence-electron chi connectivity index (χ3n) is 3.04. The van der Waals surface area contributed by atoms with Crippen LogP contribution in [0.5, 0.6) is 0 Å². The van der Waals surface area contributed by atoms with E-state index in [9.17, 15) is 0 Å². The minimum atomic E-state index is 0.644. The number of aromatic nitrogens is 2. The highest BCUT2D eigenvalue weighted by atomic mass is 79.9. The Morgan fingerprint density at radius 3 is 3.12 bits per heavy atom. The summed E-state index contributed by atoms with van der Waals surface area (Å²) in [7, 11) is 0. The second-order valence-corrected chi connectivity index (χ2v) is 6.12. The number of fused-ring (bicyclic) bond motifs is 1. The topological polar surface area (TPSA) is 17.3 Å². The molecule has 0 spiro atoms. The van der Waals surface area contributed by atoms with Crippen LogP contribution < -0.4 is 0 Å². The maximum absolute atomic E-state index is 4.72. The van der Waals surface area contributed by atoms with Gasteiger partial charge in [0.15, 0.2) is 0 Å². The van der Waals surface area contributed by atoms with E-state index in [4.69, 9.17) is 4.98 Å². The van der Waals surface area contributed by atoms with Crippen LogP contribution in [-0.2, 0) is 0 Å². The fraction of sp³-hybridized carbons (Fsp3) is 0.417. The fourth-order valence-corrected chi connectivity index (χ4v) is 3.76. The first-order valence-electron chi connectivity index (χ1n) is 5.56. The molecule has 2 aromatic heterocycles. The van der Waals surface area contributed by atoms with E-state index < -0.39 is 0 Å². The van der Waals surface area contributed by atoms with Crippen LogP contribution in [0.1, 0.15) is 24.5 Å². The van der Waals surface area contributed by atoms with Gasteiger partial charge < -0.3 is 0 Å². The second-order valence-electron chi connectivity index (χ2n) is 4.16. The Morgan fingerprint density at radius 1 is 1.44 bits per heavy atom. The first-order chi connectivity index (χ1) is 7.84. The Bertz CT molecular complexity index is 503. The highest BCUT2D eigenvalue weighted by Gasteiger charge is 2.18. The van der Waals surface area contributed by atoms with E-state index in [1.54, 1.807) is 0 Å². The molecule has 16 heavy (non-hydrogen) atoms. The van der Waals surface area contributed by atoms with E-state index in [2.05, 4.69) is 44.4 Å². The third kappa shape index (κ3) is 1.89. The normalized spacial score (nSPS) is 21.4. The van der Waals surface area contributed by atoms with Gasteiger partial charge in [-0.1, -0.05) is 6.07 Å². The molecule has 0 aromatic carbocycles. The van der Waals surface area contributed by atoms with Crippen molar-refractivity contribution in [3.05, 3.63) is 34.7 Å². The Morgan fingerprint density at radius 2 is 2.38 bits per heavy atom. The SMILES string of the molecule is Brc1cccc2nc(C3CCCSC3)cn12. The van der Waals surface area contributed by atoms with Crippen LogP contribution in [0.4, 0.5) is 0 Å². The number of nitrogens with zero attached hydrogens (tertiary/aromatic N) is 2. The monoisotopic (exact) mass is 296 g/mol. The van der Waals surface area contributed by atoms with Gasteiger partial charge in [-0.2, -0.15) is 11.8 Å². The van der Waals surface area contributed by atoms with Crippen LogP contribution in [0.25, 0.3) is 5.65 Å². The highest BCUT2D eigenvalue weighted by Crippen LogP contribution is 2.31. The molecule has 0 bridgehead atoms. The van der Waals surface area contributed by atoms with E-state index in [0.717, 1.165) is 10.3 Å². The summed E-state index contributed by atoms with van der Waals surface area (Å²) in [5.74, 6) is 3.18. The largest absolute Gasteiger partial charge is 0.294 e. The average Bonchev–Trinajstić information content (AvgIpc) is 2.76. The predicted molar refractivity (Wildman–Crippen MR) is 72.2 cm³/mol. The zero-order chi connectivity index (χ0) is 11.0. The van der Waals surface area contributed by atoms with Crippen molar-refractivity contribution in [1.82, 2.24) is 9.38 Å². The number of halogens is 1. The van der Waals surface area contributed by atoms with Crippen LogP contribution >= 0.6 is 27.7 Å². The number of rotatable bonds is 1. The van der Waals surface area contributed by atoms with Crippen LogP contribution in [0.15, 0.2) is 29.0 Å². The number of pyridine rings is 1. The van der Waals surface area contributed by atoms with Crippen LogP contribution in [0, 0.1) is 0 Å². The molecule has 84 valence electrons. The molecule has 4 heteroatoms. The van der Waals surface area contributed by atoms with E-state index in [-0.39, 0.29) is 0 Å². The number of hydrogen-bond donors (Lipinski definition) is 0. The van der Waals surface area contributed by atoms with E-state index >= 15 is 0 Å². The summed E-state index contributed by atoms with van der Waals surface area (Å²) in [6, 6.07) is 6.14. The summed E-state index contributed by atoms with van der Waals surface area (Å²) in [4.78, 5) is 4.72. The molecule has 3 heterocycles. The van der Waals surface area contributed by atoms with Crippen molar-refractivity contribution in [2.75, 3.05) is 11.5 Å². The lowest BCUT2D eigenvalue weighted by atomic mass is 10.0. The zero-order valence-electron chi connectivity index (χ0n) is 8.90. The van der Waals surface area contributed by atoms with Crippen molar-refractivity contribution in [3.8, 4) is 0 Å². The number of hydrogen-bond acceptors (Lipinski definition) is 2. The van der Waals surface area contributed by atoms with Gasteiger partial charge in [-0.05, 0) is 46.7 Å². The van der Waals surface area contributed by atoms with Gasteiger partial charge in [0.25, 0.3) is 0 Å². The summed E-state index contributed by atoms with van der Waals surface area (Å²) in [5.41, 5.74) is 2.29. The van der Waals surface area contributed by atoms with Gasteiger partial charge in [0, 0.05) is 17.9 Å². The molecule has 0 radical (unpaired) electrons. The quantitative estimate of drug-likeness (QED) is 0.747. The predicted octanol–water partition coefficient (Wildman–Crippen LogP) is 3.71. The van der Waals surface area contributed by atoms with Gasteiger partial charge in [0.1, 0.15) is 5.65 Å². The molecular formula is C12H13BrN2S. The molecular weight excluding hydrogens is 284 g/mol. The summed E-state index contributed by atoms with van der Waals surface area (Å²) >= 11 is 5.60. The van der Waals surface area contributed by atoms with E-state index in [0.29, 0.717) is 5.92 Å².